The Hall–Kier alpha value is -2.66. The van der Waals surface area contributed by atoms with Gasteiger partial charge in [-0.3, -0.25) is 9.71 Å². The second kappa shape index (κ2) is 4.68. The van der Waals surface area contributed by atoms with E-state index in [9.17, 15) is 8.42 Å². The SMILES string of the molecule is O=S1(=O)Nc2ccccc2C1=Cc1ccnc2ccccc12. The fraction of sp³-hybridized carbons (Fsp3) is 0. The standard InChI is InChI=1S/C17H12N2O2S/c20-22(21)17(14-6-2-4-8-16(14)19-22)11-12-9-10-18-15-7-3-1-5-13(12)15/h1-11,19H. The number of anilines is 1. The third kappa shape index (κ3) is 1.98. The van der Waals surface area contributed by atoms with E-state index in [0.717, 1.165) is 16.5 Å². The molecule has 2 aromatic carbocycles. The predicted octanol–water partition coefficient (Wildman–Crippen LogP) is 3.49. The highest BCUT2D eigenvalue weighted by Gasteiger charge is 2.29. The molecule has 3 aromatic rings. The lowest BCUT2D eigenvalue weighted by Crippen LogP contribution is -2.05. The Morgan fingerprint density at radius 1 is 0.955 bits per heavy atom. The van der Waals surface area contributed by atoms with Crippen molar-refractivity contribution in [3.63, 3.8) is 0 Å². The van der Waals surface area contributed by atoms with E-state index in [0.29, 0.717) is 16.2 Å². The molecule has 0 saturated heterocycles. The molecule has 1 aliphatic heterocycles. The lowest BCUT2D eigenvalue weighted by molar-refractivity contribution is 0.611. The van der Waals surface area contributed by atoms with E-state index in [4.69, 9.17) is 0 Å². The molecule has 0 fully saturated rings. The number of rotatable bonds is 1. The minimum absolute atomic E-state index is 0.291. The quantitative estimate of drug-likeness (QED) is 0.748. The van der Waals surface area contributed by atoms with Crippen LogP contribution in [0.4, 0.5) is 5.69 Å². The zero-order chi connectivity index (χ0) is 15.2. The zero-order valence-electron chi connectivity index (χ0n) is 11.5. The van der Waals surface area contributed by atoms with Gasteiger partial charge in [0.2, 0.25) is 0 Å². The number of para-hydroxylation sites is 2. The van der Waals surface area contributed by atoms with Crippen molar-refractivity contribution in [2.24, 2.45) is 0 Å². The van der Waals surface area contributed by atoms with Crippen LogP contribution < -0.4 is 4.72 Å². The van der Waals surface area contributed by atoms with Crippen LogP contribution in [-0.4, -0.2) is 13.4 Å². The van der Waals surface area contributed by atoms with E-state index in [1.165, 1.54) is 0 Å². The van der Waals surface area contributed by atoms with Crippen LogP contribution >= 0.6 is 0 Å². The summed E-state index contributed by atoms with van der Waals surface area (Å²) in [6.07, 6.45) is 3.40. The summed E-state index contributed by atoms with van der Waals surface area (Å²) in [6.45, 7) is 0. The predicted molar refractivity (Wildman–Crippen MR) is 88.6 cm³/mol. The van der Waals surface area contributed by atoms with Crippen LogP contribution in [0.15, 0.2) is 60.8 Å². The van der Waals surface area contributed by atoms with Gasteiger partial charge in [0.25, 0.3) is 10.0 Å². The molecule has 1 aromatic heterocycles. The molecule has 0 aliphatic carbocycles. The number of benzene rings is 2. The Kier molecular flexibility index (Phi) is 2.77. The first-order valence-corrected chi connectivity index (χ1v) is 8.31. The van der Waals surface area contributed by atoms with E-state index in [1.54, 1.807) is 18.3 Å². The van der Waals surface area contributed by atoms with Crippen LogP contribution in [0.25, 0.3) is 21.9 Å². The summed E-state index contributed by atoms with van der Waals surface area (Å²) < 4.78 is 27.3. The Morgan fingerprint density at radius 3 is 2.64 bits per heavy atom. The third-order valence-electron chi connectivity index (χ3n) is 3.70. The fourth-order valence-electron chi connectivity index (χ4n) is 2.67. The molecule has 2 heterocycles. The Morgan fingerprint density at radius 2 is 1.73 bits per heavy atom. The first kappa shape index (κ1) is 13.0. The highest BCUT2D eigenvalue weighted by atomic mass is 32.2. The average Bonchev–Trinajstić information content (AvgIpc) is 2.78. The number of fused-ring (bicyclic) bond motifs is 2. The molecule has 1 N–H and O–H groups in total. The second-order valence-corrected chi connectivity index (χ2v) is 6.73. The van der Waals surface area contributed by atoms with Gasteiger partial charge in [0.05, 0.1) is 16.1 Å². The summed E-state index contributed by atoms with van der Waals surface area (Å²) in [5.74, 6) is 0. The van der Waals surface area contributed by atoms with Crippen molar-refractivity contribution in [1.29, 1.82) is 0 Å². The van der Waals surface area contributed by atoms with Gasteiger partial charge in [-0.25, -0.2) is 8.42 Å². The summed E-state index contributed by atoms with van der Waals surface area (Å²) in [6, 6.07) is 16.7. The Balaban J connectivity index is 1.99. The average molecular weight is 308 g/mol. The molecule has 0 radical (unpaired) electrons. The number of sulfonamides is 1. The number of pyridine rings is 1. The molecular formula is C17H12N2O2S. The van der Waals surface area contributed by atoms with Crippen molar-refractivity contribution in [1.82, 2.24) is 4.98 Å². The lowest BCUT2D eigenvalue weighted by atomic mass is 10.1. The number of nitrogens with zero attached hydrogens (tertiary/aromatic N) is 1. The van der Waals surface area contributed by atoms with Gasteiger partial charge in [-0.1, -0.05) is 36.4 Å². The van der Waals surface area contributed by atoms with Gasteiger partial charge in [0.1, 0.15) is 0 Å². The van der Waals surface area contributed by atoms with Gasteiger partial charge in [0, 0.05) is 17.1 Å². The summed E-state index contributed by atoms with van der Waals surface area (Å²) in [5.41, 5.74) is 2.99. The Labute approximate surface area is 128 Å². The maximum Gasteiger partial charge on any atom is 0.262 e. The van der Waals surface area contributed by atoms with E-state index < -0.39 is 10.0 Å². The molecule has 108 valence electrons. The maximum atomic E-state index is 12.4. The van der Waals surface area contributed by atoms with Gasteiger partial charge in [-0.15, -0.1) is 0 Å². The van der Waals surface area contributed by atoms with Crippen molar-refractivity contribution in [2.45, 2.75) is 0 Å². The van der Waals surface area contributed by atoms with Gasteiger partial charge >= 0.3 is 0 Å². The molecule has 0 spiro atoms. The highest BCUT2D eigenvalue weighted by Crippen LogP contribution is 2.38. The first-order chi connectivity index (χ1) is 10.6. The first-order valence-electron chi connectivity index (χ1n) is 6.83. The van der Waals surface area contributed by atoms with Crippen LogP contribution in [0.5, 0.6) is 0 Å². The number of nitrogens with one attached hydrogen (secondary N) is 1. The normalized spacial score (nSPS) is 17.4. The van der Waals surface area contributed by atoms with Crippen LogP contribution in [0.3, 0.4) is 0 Å². The van der Waals surface area contributed by atoms with E-state index >= 15 is 0 Å². The third-order valence-corrected chi connectivity index (χ3v) is 5.10. The molecule has 0 saturated carbocycles. The van der Waals surface area contributed by atoms with Crippen LogP contribution in [0.1, 0.15) is 11.1 Å². The minimum atomic E-state index is -3.52. The largest absolute Gasteiger partial charge is 0.279 e. The number of hydrogen-bond acceptors (Lipinski definition) is 3. The van der Waals surface area contributed by atoms with Crippen molar-refractivity contribution >= 4 is 37.6 Å². The van der Waals surface area contributed by atoms with Crippen molar-refractivity contribution in [3.8, 4) is 0 Å². The van der Waals surface area contributed by atoms with Gasteiger partial charge in [0.15, 0.2) is 0 Å². The van der Waals surface area contributed by atoms with Crippen LogP contribution in [0, 0.1) is 0 Å². The molecule has 0 atom stereocenters. The molecular weight excluding hydrogens is 296 g/mol. The van der Waals surface area contributed by atoms with Gasteiger partial charge in [-0.05, 0) is 29.8 Å². The maximum absolute atomic E-state index is 12.4. The lowest BCUT2D eigenvalue weighted by Gasteiger charge is -2.03. The number of aromatic nitrogens is 1. The van der Waals surface area contributed by atoms with E-state index in [1.807, 2.05) is 48.5 Å². The summed E-state index contributed by atoms with van der Waals surface area (Å²) in [5, 5.41) is 0.928. The molecule has 0 bridgehead atoms. The van der Waals surface area contributed by atoms with Crippen molar-refractivity contribution in [3.05, 3.63) is 71.9 Å². The monoisotopic (exact) mass is 308 g/mol. The summed E-state index contributed by atoms with van der Waals surface area (Å²) in [7, 11) is -3.52. The Bertz CT molecular complexity index is 1020. The van der Waals surface area contributed by atoms with Gasteiger partial charge < -0.3 is 0 Å². The van der Waals surface area contributed by atoms with Crippen molar-refractivity contribution in [2.75, 3.05) is 4.72 Å². The second-order valence-electron chi connectivity index (χ2n) is 5.08. The van der Waals surface area contributed by atoms with Crippen molar-refractivity contribution < 1.29 is 8.42 Å². The minimum Gasteiger partial charge on any atom is -0.279 e. The fourth-order valence-corrected chi connectivity index (χ4v) is 4.00. The van der Waals surface area contributed by atoms with E-state index in [2.05, 4.69) is 9.71 Å². The molecule has 0 unspecified atom stereocenters. The molecule has 4 nitrogen and oxygen atoms in total. The smallest absolute Gasteiger partial charge is 0.262 e. The van der Waals surface area contributed by atoms with Crippen LogP contribution in [-0.2, 0) is 10.0 Å². The topological polar surface area (TPSA) is 59.1 Å². The van der Waals surface area contributed by atoms with Gasteiger partial charge in [-0.2, -0.15) is 0 Å². The summed E-state index contributed by atoms with van der Waals surface area (Å²) >= 11 is 0. The molecule has 1 aliphatic rings. The summed E-state index contributed by atoms with van der Waals surface area (Å²) in [4.78, 5) is 4.59. The molecule has 5 heteroatoms. The molecule has 4 rings (SSSR count). The van der Waals surface area contributed by atoms with Crippen LogP contribution in [0.2, 0.25) is 0 Å². The highest BCUT2D eigenvalue weighted by molar-refractivity contribution is 8.02. The zero-order valence-corrected chi connectivity index (χ0v) is 12.3. The molecule has 0 amide bonds. The molecule has 22 heavy (non-hydrogen) atoms. The van der Waals surface area contributed by atoms with E-state index in [-0.39, 0.29) is 0 Å². The number of hydrogen-bond donors (Lipinski definition) is 1.